The van der Waals surface area contributed by atoms with Crippen molar-refractivity contribution < 1.29 is 32.3 Å². The van der Waals surface area contributed by atoms with Gasteiger partial charge >= 0.3 is 6.18 Å². The Balaban J connectivity index is 1.78. The van der Waals surface area contributed by atoms with E-state index in [1.54, 1.807) is 0 Å². The van der Waals surface area contributed by atoms with Gasteiger partial charge in [-0.2, -0.15) is 18.4 Å². The van der Waals surface area contributed by atoms with E-state index in [1.807, 2.05) is 6.07 Å². The van der Waals surface area contributed by atoms with Gasteiger partial charge in [-0.1, -0.05) is 12.1 Å². The second-order valence-corrected chi connectivity index (χ2v) is 6.90. The van der Waals surface area contributed by atoms with Gasteiger partial charge in [-0.25, -0.2) is 4.39 Å². The largest absolute Gasteiger partial charge is 0.530 e. The first kappa shape index (κ1) is 22.0. The molecule has 2 amide bonds. The molecule has 0 radical (unpaired) electrons. The lowest BCUT2D eigenvalue weighted by Gasteiger charge is -2.25. The SMILES string of the molecule is N#Cc1cnc(-c2ccc(C(F)(F)F)cc2)cc1CNC(=O)[C@@H]1C[C@@H](F)CN1C(=O)[O-]. The molecule has 11 heteroatoms. The van der Waals surface area contributed by atoms with Crippen LogP contribution in [0.25, 0.3) is 11.3 Å². The number of alkyl halides is 4. The van der Waals surface area contributed by atoms with Crippen LogP contribution in [0.2, 0.25) is 0 Å². The van der Waals surface area contributed by atoms with E-state index in [0.29, 0.717) is 16.0 Å². The van der Waals surface area contributed by atoms with Gasteiger partial charge < -0.3 is 20.1 Å². The Kier molecular flexibility index (Phi) is 6.10. The zero-order valence-corrected chi connectivity index (χ0v) is 15.8. The van der Waals surface area contributed by atoms with E-state index in [0.717, 1.165) is 12.1 Å². The Morgan fingerprint density at radius 1 is 1.29 bits per heavy atom. The van der Waals surface area contributed by atoms with Crippen LogP contribution >= 0.6 is 0 Å². The minimum absolute atomic E-state index is 0.113. The van der Waals surface area contributed by atoms with Gasteiger partial charge in [0.15, 0.2) is 0 Å². The average molecular weight is 435 g/mol. The van der Waals surface area contributed by atoms with E-state index in [9.17, 15) is 37.5 Å². The summed E-state index contributed by atoms with van der Waals surface area (Å²) in [6.45, 7) is -0.649. The number of halogens is 4. The third-order valence-electron chi connectivity index (χ3n) is 4.86. The molecular weight excluding hydrogens is 420 g/mol. The number of rotatable bonds is 4. The molecule has 0 unspecified atom stereocenters. The number of amides is 2. The zero-order chi connectivity index (χ0) is 22.8. The maximum absolute atomic E-state index is 13.5. The third-order valence-corrected chi connectivity index (χ3v) is 4.86. The summed E-state index contributed by atoms with van der Waals surface area (Å²) >= 11 is 0. The van der Waals surface area contributed by atoms with Crippen LogP contribution in [0.15, 0.2) is 36.5 Å². The van der Waals surface area contributed by atoms with E-state index in [4.69, 9.17) is 0 Å². The molecule has 1 saturated heterocycles. The fourth-order valence-corrected chi connectivity index (χ4v) is 3.27. The minimum atomic E-state index is -4.48. The molecule has 0 saturated carbocycles. The molecule has 0 bridgehead atoms. The average Bonchev–Trinajstić information content (AvgIpc) is 3.13. The highest BCUT2D eigenvalue weighted by molar-refractivity contribution is 5.85. The van der Waals surface area contributed by atoms with E-state index < -0.39 is 42.5 Å². The highest BCUT2D eigenvalue weighted by atomic mass is 19.4. The number of nitrogens with zero attached hydrogens (tertiary/aromatic N) is 3. The summed E-state index contributed by atoms with van der Waals surface area (Å²) in [5.41, 5.74) is 0.248. The summed E-state index contributed by atoms with van der Waals surface area (Å²) in [6, 6.07) is 6.35. The first-order valence-electron chi connectivity index (χ1n) is 9.06. The lowest BCUT2D eigenvalue weighted by Crippen LogP contribution is -2.50. The molecule has 2 aromatic rings. The van der Waals surface area contributed by atoms with Gasteiger partial charge in [-0.3, -0.25) is 9.78 Å². The molecule has 162 valence electrons. The van der Waals surface area contributed by atoms with Crippen LogP contribution in [-0.2, 0) is 17.5 Å². The number of nitrogens with one attached hydrogen (secondary N) is 1. The van der Waals surface area contributed by atoms with Crippen LogP contribution in [0.5, 0.6) is 0 Å². The van der Waals surface area contributed by atoms with E-state index in [-0.39, 0.29) is 24.2 Å². The maximum atomic E-state index is 13.5. The van der Waals surface area contributed by atoms with Gasteiger partial charge in [0.05, 0.1) is 23.4 Å². The minimum Gasteiger partial charge on any atom is -0.530 e. The summed E-state index contributed by atoms with van der Waals surface area (Å²) in [7, 11) is 0. The summed E-state index contributed by atoms with van der Waals surface area (Å²) in [5.74, 6) is -0.749. The van der Waals surface area contributed by atoms with Gasteiger partial charge in [0.2, 0.25) is 5.91 Å². The number of nitriles is 1. The monoisotopic (exact) mass is 435 g/mol. The standard InChI is InChI=1S/C20H16F4N4O3/c21-15-6-17(28(10-15)19(30)31)18(29)27-8-12-5-16(26-9-13(12)7-25)11-1-3-14(4-2-11)20(22,23)24/h1-5,9,15,17H,6,8,10H2,(H,27,29)(H,30,31)/p-1/t15-,17+/m1/s1. The van der Waals surface area contributed by atoms with Gasteiger partial charge in [0, 0.05) is 24.7 Å². The summed E-state index contributed by atoms with van der Waals surface area (Å²) in [5, 5.41) is 22.8. The molecule has 1 fully saturated rings. The highest BCUT2D eigenvalue weighted by Gasteiger charge is 2.37. The predicted octanol–water partition coefficient (Wildman–Crippen LogP) is 2.01. The number of likely N-dealkylation sites (tertiary alicyclic amines) is 1. The van der Waals surface area contributed by atoms with Gasteiger partial charge in [0.1, 0.15) is 24.4 Å². The van der Waals surface area contributed by atoms with Crippen molar-refractivity contribution in [3.8, 4) is 17.3 Å². The molecule has 2 atom stereocenters. The fourth-order valence-electron chi connectivity index (χ4n) is 3.27. The number of aromatic nitrogens is 1. The first-order valence-corrected chi connectivity index (χ1v) is 9.06. The molecule has 1 N–H and O–H groups in total. The van der Waals surface area contributed by atoms with Gasteiger partial charge in [-0.15, -0.1) is 0 Å². The Morgan fingerprint density at radius 3 is 2.55 bits per heavy atom. The molecule has 7 nitrogen and oxygen atoms in total. The molecule has 1 aliphatic heterocycles. The molecule has 2 heterocycles. The lowest BCUT2D eigenvalue weighted by atomic mass is 10.0. The fraction of sp³-hybridized carbons (Fsp3) is 0.300. The molecule has 1 aromatic carbocycles. The molecule has 3 rings (SSSR count). The quantitative estimate of drug-likeness (QED) is 0.739. The number of carboxylic acid groups (broad SMARTS) is 1. The molecule has 0 spiro atoms. The number of benzene rings is 1. The molecule has 1 aliphatic rings. The Morgan fingerprint density at radius 2 is 1.97 bits per heavy atom. The summed E-state index contributed by atoms with van der Waals surface area (Å²) in [4.78, 5) is 28.1. The van der Waals surface area contributed by atoms with Crippen LogP contribution < -0.4 is 10.4 Å². The van der Waals surface area contributed by atoms with Crippen LogP contribution in [-0.4, -0.2) is 40.6 Å². The van der Waals surface area contributed by atoms with Crippen molar-refractivity contribution in [3.63, 3.8) is 0 Å². The van der Waals surface area contributed by atoms with Crippen molar-refractivity contribution in [1.82, 2.24) is 15.2 Å². The number of hydrogen-bond acceptors (Lipinski definition) is 5. The third kappa shape index (κ3) is 4.91. The van der Waals surface area contributed by atoms with Crippen LogP contribution in [0, 0.1) is 11.3 Å². The van der Waals surface area contributed by atoms with Crippen LogP contribution in [0.3, 0.4) is 0 Å². The molecule has 31 heavy (non-hydrogen) atoms. The summed E-state index contributed by atoms with van der Waals surface area (Å²) in [6.07, 6.45) is -6.72. The number of carbonyl (C=O) groups excluding carboxylic acids is 2. The lowest BCUT2D eigenvalue weighted by molar-refractivity contribution is -0.266. The summed E-state index contributed by atoms with van der Waals surface area (Å²) < 4.78 is 51.7. The Bertz CT molecular complexity index is 1030. The smallest absolute Gasteiger partial charge is 0.416 e. The van der Waals surface area contributed by atoms with Crippen molar-refractivity contribution in [2.45, 2.75) is 31.4 Å². The predicted molar refractivity (Wildman–Crippen MR) is 96.6 cm³/mol. The molecular formula is C20H15F4N4O3-. The van der Waals surface area contributed by atoms with E-state index in [1.165, 1.54) is 24.4 Å². The van der Waals surface area contributed by atoms with Crippen molar-refractivity contribution in [2.75, 3.05) is 6.54 Å². The maximum Gasteiger partial charge on any atom is 0.416 e. The van der Waals surface area contributed by atoms with Crippen molar-refractivity contribution in [2.24, 2.45) is 0 Å². The normalized spacial score (nSPS) is 18.5. The van der Waals surface area contributed by atoms with E-state index >= 15 is 0 Å². The number of carbonyl (C=O) groups is 2. The molecule has 1 aromatic heterocycles. The number of hydrogen-bond donors (Lipinski definition) is 1. The van der Waals surface area contributed by atoms with Crippen molar-refractivity contribution >= 4 is 12.0 Å². The first-order chi connectivity index (χ1) is 14.6. The molecule has 0 aliphatic carbocycles. The van der Waals surface area contributed by atoms with Gasteiger partial charge in [0.25, 0.3) is 0 Å². The van der Waals surface area contributed by atoms with Crippen LogP contribution in [0.4, 0.5) is 22.4 Å². The van der Waals surface area contributed by atoms with Gasteiger partial charge in [-0.05, 0) is 23.8 Å². The zero-order valence-electron chi connectivity index (χ0n) is 15.8. The second kappa shape index (κ2) is 8.59. The Hall–Kier alpha value is -3.68. The van der Waals surface area contributed by atoms with Crippen molar-refractivity contribution in [3.05, 3.63) is 53.2 Å². The Labute approximate surface area is 173 Å². The van der Waals surface area contributed by atoms with Crippen molar-refractivity contribution in [1.29, 1.82) is 5.26 Å². The number of pyridine rings is 1. The van der Waals surface area contributed by atoms with E-state index in [2.05, 4.69) is 10.3 Å². The van der Waals surface area contributed by atoms with Crippen LogP contribution in [0.1, 0.15) is 23.1 Å². The second-order valence-electron chi connectivity index (χ2n) is 6.90. The highest BCUT2D eigenvalue weighted by Crippen LogP contribution is 2.31. The topological polar surface area (TPSA) is 109 Å².